The molecule has 1 aromatic heterocycles. The van der Waals surface area contributed by atoms with Crippen LogP contribution >= 0.6 is 0 Å². The Balaban J connectivity index is 2.59. The van der Waals surface area contributed by atoms with Crippen LogP contribution < -0.4 is 5.73 Å². The molecule has 1 aromatic rings. The number of imidazole rings is 1. The highest BCUT2D eigenvalue weighted by Gasteiger charge is 1.88. The first-order chi connectivity index (χ1) is 5.33. The summed E-state index contributed by atoms with van der Waals surface area (Å²) in [5, 5.41) is 0. The summed E-state index contributed by atoms with van der Waals surface area (Å²) in [5.41, 5.74) is 6.13. The number of rotatable bonds is 1. The second kappa shape index (κ2) is 3.79. The standard InChI is InChI=1S/C8H11N3/c1-7-10-6-8(11-7)4-2-3-5-9/h6H,3,5,9H2,1H3,(H,10,11). The fourth-order valence-electron chi connectivity index (χ4n) is 0.714. The number of aromatic amines is 1. The quantitative estimate of drug-likeness (QED) is 0.568. The van der Waals surface area contributed by atoms with Gasteiger partial charge in [-0.25, -0.2) is 4.98 Å². The molecule has 58 valence electrons. The van der Waals surface area contributed by atoms with Gasteiger partial charge >= 0.3 is 0 Å². The maximum atomic E-state index is 5.27. The summed E-state index contributed by atoms with van der Waals surface area (Å²) in [4.78, 5) is 7.02. The van der Waals surface area contributed by atoms with Gasteiger partial charge in [0, 0.05) is 13.0 Å². The normalized spacial score (nSPS) is 8.91. The van der Waals surface area contributed by atoms with Gasteiger partial charge in [0.1, 0.15) is 11.5 Å². The molecule has 3 nitrogen and oxygen atoms in total. The van der Waals surface area contributed by atoms with Crippen molar-refractivity contribution in [1.29, 1.82) is 0 Å². The molecule has 0 unspecified atom stereocenters. The molecule has 3 N–H and O–H groups in total. The highest BCUT2D eigenvalue weighted by molar-refractivity contribution is 5.25. The molecule has 1 rings (SSSR count). The zero-order chi connectivity index (χ0) is 8.10. The van der Waals surface area contributed by atoms with Crippen molar-refractivity contribution in [3.63, 3.8) is 0 Å². The van der Waals surface area contributed by atoms with E-state index in [0.717, 1.165) is 17.9 Å². The van der Waals surface area contributed by atoms with Crippen molar-refractivity contribution in [3.05, 3.63) is 17.7 Å². The van der Waals surface area contributed by atoms with Gasteiger partial charge < -0.3 is 10.7 Å². The Hall–Kier alpha value is -1.27. The van der Waals surface area contributed by atoms with Gasteiger partial charge in [0.05, 0.1) is 6.20 Å². The van der Waals surface area contributed by atoms with Crippen molar-refractivity contribution >= 4 is 0 Å². The summed E-state index contributed by atoms with van der Waals surface area (Å²) in [5.74, 6) is 6.73. The minimum Gasteiger partial charge on any atom is -0.336 e. The van der Waals surface area contributed by atoms with E-state index < -0.39 is 0 Å². The van der Waals surface area contributed by atoms with Crippen LogP contribution in [0.3, 0.4) is 0 Å². The number of nitrogens with one attached hydrogen (secondary N) is 1. The van der Waals surface area contributed by atoms with E-state index in [-0.39, 0.29) is 0 Å². The number of hydrogen-bond donors (Lipinski definition) is 2. The van der Waals surface area contributed by atoms with Gasteiger partial charge in [-0.15, -0.1) is 0 Å². The van der Waals surface area contributed by atoms with Crippen LogP contribution in [-0.4, -0.2) is 16.5 Å². The fourth-order valence-corrected chi connectivity index (χ4v) is 0.714. The monoisotopic (exact) mass is 149 g/mol. The Morgan fingerprint density at radius 3 is 3.09 bits per heavy atom. The summed E-state index contributed by atoms with van der Waals surface area (Å²) >= 11 is 0. The Kier molecular flexibility index (Phi) is 2.70. The molecule has 0 radical (unpaired) electrons. The summed E-state index contributed by atoms with van der Waals surface area (Å²) < 4.78 is 0. The van der Waals surface area contributed by atoms with Crippen molar-refractivity contribution in [1.82, 2.24) is 9.97 Å². The molecule has 3 heteroatoms. The average Bonchev–Trinajstić information content (AvgIpc) is 2.37. The number of nitrogens with zero attached hydrogens (tertiary/aromatic N) is 1. The third-order valence-corrected chi connectivity index (χ3v) is 1.20. The molecular weight excluding hydrogens is 138 g/mol. The highest BCUT2D eigenvalue weighted by atomic mass is 14.9. The molecule has 0 aliphatic heterocycles. The van der Waals surface area contributed by atoms with Crippen LogP contribution in [0.15, 0.2) is 6.20 Å². The average molecular weight is 149 g/mol. The maximum absolute atomic E-state index is 5.27. The van der Waals surface area contributed by atoms with E-state index in [0.29, 0.717) is 6.54 Å². The van der Waals surface area contributed by atoms with Crippen LogP contribution in [0.5, 0.6) is 0 Å². The van der Waals surface area contributed by atoms with Crippen molar-refractivity contribution in [3.8, 4) is 11.8 Å². The topological polar surface area (TPSA) is 54.7 Å². The molecule has 0 aliphatic carbocycles. The lowest BCUT2D eigenvalue weighted by atomic mass is 10.4. The predicted molar refractivity (Wildman–Crippen MR) is 43.9 cm³/mol. The van der Waals surface area contributed by atoms with Gasteiger partial charge in [-0.05, 0) is 12.8 Å². The van der Waals surface area contributed by atoms with Crippen molar-refractivity contribution in [2.75, 3.05) is 6.54 Å². The zero-order valence-corrected chi connectivity index (χ0v) is 6.52. The van der Waals surface area contributed by atoms with E-state index in [1.54, 1.807) is 6.20 Å². The third-order valence-electron chi connectivity index (χ3n) is 1.20. The number of H-pyrrole nitrogens is 1. The van der Waals surface area contributed by atoms with E-state index in [2.05, 4.69) is 21.8 Å². The maximum Gasteiger partial charge on any atom is 0.109 e. The van der Waals surface area contributed by atoms with E-state index in [1.165, 1.54) is 0 Å². The van der Waals surface area contributed by atoms with Gasteiger partial charge in [0.15, 0.2) is 0 Å². The van der Waals surface area contributed by atoms with E-state index >= 15 is 0 Å². The molecule has 0 aliphatic rings. The molecule has 1 heterocycles. The molecule has 0 atom stereocenters. The molecule has 0 bridgehead atoms. The lowest BCUT2D eigenvalue weighted by molar-refractivity contribution is 1.03. The summed E-state index contributed by atoms with van der Waals surface area (Å²) in [7, 11) is 0. The van der Waals surface area contributed by atoms with Crippen molar-refractivity contribution in [2.24, 2.45) is 5.73 Å². The molecule has 0 spiro atoms. The zero-order valence-electron chi connectivity index (χ0n) is 6.52. The van der Waals surface area contributed by atoms with Crippen LogP contribution in [0.2, 0.25) is 0 Å². The van der Waals surface area contributed by atoms with Gasteiger partial charge in [-0.1, -0.05) is 5.92 Å². The first-order valence-electron chi connectivity index (χ1n) is 3.53. The predicted octanol–water partition coefficient (Wildman–Crippen LogP) is 0.418. The molecule has 0 aromatic carbocycles. The molecule has 0 fully saturated rings. The minimum absolute atomic E-state index is 0.611. The molecule has 11 heavy (non-hydrogen) atoms. The number of aromatic nitrogens is 2. The first-order valence-corrected chi connectivity index (χ1v) is 3.53. The largest absolute Gasteiger partial charge is 0.336 e. The molecule has 0 saturated heterocycles. The summed E-state index contributed by atoms with van der Waals surface area (Å²) in [6.45, 7) is 2.51. The lowest BCUT2D eigenvalue weighted by Crippen LogP contribution is -1.95. The molecule has 0 saturated carbocycles. The SMILES string of the molecule is Cc1ncc(C#CCCN)[nH]1. The van der Waals surface area contributed by atoms with Crippen LogP contribution in [0.25, 0.3) is 0 Å². The molecule has 0 amide bonds. The van der Waals surface area contributed by atoms with Crippen molar-refractivity contribution in [2.45, 2.75) is 13.3 Å². The van der Waals surface area contributed by atoms with E-state index in [9.17, 15) is 0 Å². The van der Waals surface area contributed by atoms with Crippen LogP contribution in [0.1, 0.15) is 17.9 Å². The summed E-state index contributed by atoms with van der Waals surface area (Å²) in [6.07, 6.45) is 2.46. The van der Waals surface area contributed by atoms with Gasteiger partial charge in [-0.2, -0.15) is 0 Å². The summed E-state index contributed by atoms with van der Waals surface area (Å²) in [6, 6.07) is 0. The van der Waals surface area contributed by atoms with Crippen LogP contribution in [0.4, 0.5) is 0 Å². The smallest absolute Gasteiger partial charge is 0.109 e. The van der Waals surface area contributed by atoms with Gasteiger partial charge in [-0.3, -0.25) is 0 Å². The Bertz CT molecular complexity index is 277. The van der Waals surface area contributed by atoms with Crippen LogP contribution in [0, 0.1) is 18.8 Å². The lowest BCUT2D eigenvalue weighted by Gasteiger charge is -1.79. The number of nitrogens with two attached hydrogens (primary N) is 1. The minimum atomic E-state index is 0.611. The molecular formula is C8H11N3. The van der Waals surface area contributed by atoms with E-state index in [1.807, 2.05) is 6.92 Å². The third kappa shape index (κ3) is 2.44. The second-order valence-corrected chi connectivity index (χ2v) is 2.22. The first kappa shape index (κ1) is 7.83. The van der Waals surface area contributed by atoms with Gasteiger partial charge in [0.2, 0.25) is 0 Å². The Morgan fingerprint density at radius 1 is 1.73 bits per heavy atom. The van der Waals surface area contributed by atoms with Gasteiger partial charge in [0.25, 0.3) is 0 Å². The highest BCUT2D eigenvalue weighted by Crippen LogP contribution is 1.91. The Labute approximate surface area is 66.0 Å². The number of hydrogen-bond acceptors (Lipinski definition) is 2. The Morgan fingerprint density at radius 2 is 2.55 bits per heavy atom. The van der Waals surface area contributed by atoms with Crippen molar-refractivity contribution < 1.29 is 0 Å². The van der Waals surface area contributed by atoms with E-state index in [4.69, 9.17) is 5.73 Å². The number of aryl methyl sites for hydroxylation is 1. The second-order valence-electron chi connectivity index (χ2n) is 2.22. The fraction of sp³-hybridized carbons (Fsp3) is 0.375. The van der Waals surface area contributed by atoms with Crippen LogP contribution in [-0.2, 0) is 0 Å².